The van der Waals surface area contributed by atoms with Crippen LogP contribution < -0.4 is 16.0 Å². The number of carbonyl (C=O) groups excluding carboxylic acids is 2. The summed E-state index contributed by atoms with van der Waals surface area (Å²) in [5, 5.41) is 43.5. The van der Waals surface area contributed by atoms with Crippen molar-refractivity contribution in [3.05, 3.63) is 120 Å². The predicted molar refractivity (Wildman–Crippen MR) is 231 cm³/mol. The van der Waals surface area contributed by atoms with Crippen molar-refractivity contribution in [2.45, 2.75) is 75.6 Å². The molecule has 3 aromatic heterocycles. The number of likely N-dealkylation sites (N-methyl/N-ethyl adjacent to an activating group) is 1. The van der Waals surface area contributed by atoms with E-state index in [1.54, 1.807) is 24.3 Å². The average molecular weight is 853 g/mol. The number of amides is 1. The van der Waals surface area contributed by atoms with Crippen molar-refractivity contribution in [3.63, 3.8) is 0 Å². The van der Waals surface area contributed by atoms with Gasteiger partial charge in [-0.15, -0.1) is 22.7 Å². The minimum absolute atomic E-state index is 0.0706. The molecule has 4 N–H and O–H groups in total. The quantitative estimate of drug-likeness (QED) is 0.0729. The summed E-state index contributed by atoms with van der Waals surface area (Å²) in [6.07, 6.45) is 1.55. The molecule has 6 atom stereocenters. The number of esters is 1. The molecule has 0 radical (unpaired) electrons. The van der Waals surface area contributed by atoms with Crippen molar-refractivity contribution in [2.24, 2.45) is 17.3 Å². The zero-order valence-electron chi connectivity index (χ0n) is 34.1. The van der Waals surface area contributed by atoms with Gasteiger partial charge in [-0.05, 0) is 99.9 Å². The molecular weight excluding hydrogens is 801 g/mol. The maximum absolute atomic E-state index is 13.9. The fraction of sp³-hybridized carbons (Fsp3) is 0.444. The number of phenolic OH excluding ortho intramolecular Hbond substituents is 1. The van der Waals surface area contributed by atoms with Gasteiger partial charge >= 0.3 is 14.8 Å². The first kappa shape index (κ1) is 41.6. The van der Waals surface area contributed by atoms with E-state index in [0.717, 1.165) is 24.6 Å². The Bertz CT molecular complexity index is 2330. The average Bonchev–Trinajstić information content (AvgIpc) is 3.56. The summed E-state index contributed by atoms with van der Waals surface area (Å²) in [6.45, 7) is 10.9. The Morgan fingerprint density at radius 1 is 1.05 bits per heavy atom. The number of benzene rings is 2. The SMILES string of the molecule is CN(CCNC(=O)c1ccc(CN(C[C@H]([O-])c2ccc(O)c3[nH]c(=O)ccc23)C[Si+](C)C(C)(C)C)cc1)C1C2C(OC(=O)C(O)(c3cccs3)c3cccs3)C3CCC321. The number of phenols is 1. The van der Waals surface area contributed by atoms with Gasteiger partial charge in [0.1, 0.15) is 18.0 Å². The smallest absolute Gasteiger partial charge is 0.349 e. The fourth-order valence-corrected chi connectivity index (χ4v) is 12.7. The molecule has 3 aliphatic rings. The molecule has 3 aliphatic carbocycles. The summed E-state index contributed by atoms with van der Waals surface area (Å²) >= 11 is 2.69. The largest absolute Gasteiger partial charge is 0.848 e. The van der Waals surface area contributed by atoms with Crippen molar-refractivity contribution < 1.29 is 29.6 Å². The highest BCUT2D eigenvalue weighted by Gasteiger charge is 2.86. The van der Waals surface area contributed by atoms with E-state index in [9.17, 15) is 29.7 Å². The van der Waals surface area contributed by atoms with Crippen LogP contribution in [0.3, 0.4) is 0 Å². The van der Waals surface area contributed by atoms with Gasteiger partial charge in [0, 0.05) is 59.9 Å². The van der Waals surface area contributed by atoms with Crippen LogP contribution in [-0.4, -0.2) is 90.7 Å². The van der Waals surface area contributed by atoms with Gasteiger partial charge < -0.3 is 35.3 Å². The van der Waals surface area contributed by atoms with E-state index in [-0.39, 0.29) is 57.8 Å². The lowest BCUT2D eigenvalue weighted by Crippen LogP contribution is -2.54. The minimum Gasteiger partial charge on any atom is -0.848 e. The molecule has 5 unspecified atom stereocenters. The number of pyridine rings is 1. The molecule has 1 amide bonds. The number of hydrogen-bond donors (Lipinski definition) is 4. The number of hydrogen-bond acceptors (Lipinski definition) is 11. The van der Waals surface area contributed by atoms with Gasteiger partial charge in [0.2, 0.25) is 11.2 Å². The lowest BCUT2D eigenvalue weighted by Gasteiger charge is -2.52. The van der Waals surface area contributed by atoms with Crippen LogP contribution in [0.4, 0.5) is 0 Å². The van der Waals surface area contributed by atoms with Crippen LogP contribution >= 0.6 is 22.7 Å². The number of H-pyrrole nitrogens is 1. The van der Waals surface area contributed by atoms with Gasteiger partial charge in [-0.2, -0.15) is 0 Å². The van der Waals surface area contributed by atoms with Gasteiger partial charge in [-0.3, -0.25) is 14.5 Å². The van der Waals surface area contributed by atoms with Crippen LogP contribution in [0.2, 0.25) is 11.6 Å². The summed E-state index contributed by atoms with van der Waals surface area (Å²) in [5.41, 5.74) is 0.348. The number of aromatic amines is 1. The molecule has 310 valence electrons. The third-order valence-corrected chi connectivity index (χ3v) is 18.7. The second-order valence-corrected chi connectivity index (χ2v) is 22.9. The number of aromatic nitrogens is 1. The van der Waals surface area contributed by atoms with Gasteiger partial charge in [0.25, 0.3) is 5.91 Å². The number of fused-ring (bicyclic) bond motifs is 1. The van der Waals surface area contributed by atoms with Crippen LogP contribution in [0, 0.1) is 17.3 Å². The maximum atomic E-state index is 13.9. The molecule has 11 nitrogen and oxygen atoms in total. The lowest BCUT2D eigenvalue weighted by atomic mass is 9.56. The van der Waals surface area contributed by atoms with Crippen molar-refractivity contribution in [2.75, 3.05) is 32.8 Å². The van der Waals surface area contributed by atoms with E-state index in [4.69, 9.17) is 4.74 Å². The van der Waals surface area contributed by atoms with E-state index >= 15 is 0 Å². The third kappa shape index (κ3) is 7.62. The zero-order chi connectivity index (χ0) is 41.9. The number of carbonyl (C=O) groups is 2. The van der Waals surface area contributed by atoms with Crippen molar-refractivity contribution in [3.8, 4) is 5.75 Å². The Labute approximate surface area is 354 Å². The summed E-state index contributed by atoms with van der Waals surface area (Å²) in [6, 6.07) is 21.1. The fourth-order valence-electron chi connectivity index (χ4n) is 9.56. The summed E-state index contributed by atoms with van der Waals surface area (Å²) in [7, 11) is 1.19. The van der Waals surface area contributed by atoms with E-state index in [2.05, 4.69) is 54.5 Å². The van der Waals surface area contributed by atoms with Crippen LogP contribution in [0.15, 0.2) is 88.4 Å². The minimum atomic E-state index is -1.82. The highest BCUT2D eigenvalue weighted by Crippen LogP contribution is 2.82. The standard InChI is InChI=1S/C45H52N4O7S2Si/c1-43(2,3)59(5)26-49(25-33(51)29-14-16-32(50)38-30(29)15-17-36(52)47-38)24-27-10-12-28(13-11-27)41(53)46-20-21-48(4)40-37-39(31-18-19-44(31,37)40)56-42(54)45(55,34-8-6-22-57-34)35-9-7-23-58-35/h6-17,22-23,31,33,37,39-40,50,55H,18-21,24-26H2,1-5H3,(H,46,53)(H,47,52)/t31?,33-,37?,39?,40?,44?/m0/s1. The number of aliphatic hydroxyl groups is 1. The van der Waals surface area contributed by atoms with Crippen LogP contribution in [-0.2, 0) is 21.7 Å². The second kappa shape index (κ2) is 16.0. The highest BCUT2D eigenvalue weighted by molar-refractivity contribution is 7.12. The molecule has 3 heterocycles. The van der Waals surface area contributed by atoms with Crippen molar-refractivity contribution in [1.29, 1.82) is 0 Å². The summed E-state index contributed by atoms with van der Waals surface area (Å²) in [4.78, 5) is 47.2. The number of nitrogens with zero attached hydrogens (tertiary/aromatic N) is 2. The monoisotopic (exact) mass is 852 g/mol. The number of rotatable bonds is 16. The molecule has 0 saturated heterocycles. The second-order valence-electron chi connectivity index (χ2n) is 17.7. The van der Waals surface area contributed by atoms with Gasteiger partial charge in [0.15, 0.2) is 0 Å². The van der Waals surface area contributed by atoms with E-state index in [0.29, 0.717) is 51.8 Å². The molecular formula is C45H52N4O7S2Si. The zero-order valence-corrected chi connectivity index (χ0v) is 36.7. The predicted octanol–water partition coefficient (Wildman–Crippen LogP) is 5.64. The highest BCUT2D eigenvalue weighted by atomic mass is 32.1. The third-order valence-electron chi connectivity index (χ3n) is 13.3. The van der Waals surface area contributed by atoms with E-state index in [1.165, 1.54) is 34.8 Å². The van der Waals surface area contributed by atoms with E-state index < -0.39 is 26.5 Å². The Morgan fingerprint density at radius 2 is 1.75 bits per heavy atom. The van der Waals surface area contributed by atoms with E-state index in [1.807, 2.05) is 47.2 Å². The number of aromatic hydroxyl groups is 1. The Kier molecular flexibility index (Phi) is 11.3. The lowest BCUT2D eigenvalue weighted by molar-refractivity contribution is -0.427. The molecule has 2 aromatic carbocycles. The Balaban J connectivity index is 0.859. The molecule has 1 spiro atoms. The van der Waals surface area contributed by atoms with Crippen LogP contribution in [0.5, 0.6) is 5.75 Å². The molecule has 59 heavy (non-hydrogen) atoms. The molecule has 0 bridgehead atoms. The number of ether oxygens (including phenoxy) is 1. The molecule has 3 saturated carbocycles. The molecule has 5 aromatic rings. The topological polar surface area (TPSA) is 158 Å². The van der Waals surface area contributed by atoms with Crippen LogP contribution in [0.25, 0.3) is 10.9 Å². The Hall–Kier alpha value is -4.15. The van der Waals surface area contributed by atoms with Crippen molar-refractivity contribution in [1.82, 2.24) is 20.1 Å². The first-order chi connectivity index (χ1) is 28.1. The molecule has 8 rings (SSSR count). The Morgan fingerprint density at radius 3 is 2.36 bits per heavy atom. The maximum Gasteiger partial charge on any atom is 0.349 e. The molecule has 0 aliphatic heterocycles. The molecule has 3 fully saturated rings. The number of nitrogens with one attached hydrogen (secondary N) is 2. The normalized spacial score (nSPS) is 22.6. The first-order valence-electron chi connectivity index (χ1n) is 20.3. The van der Waals surface area contributed by atoms with Gasteiger partial charge in [0.05, 0.1) is 26.9 Å². The summed E-state index contributed by atoms with van der Waals surface area (Å²) in [5.74, 6) is -0.313. The summed E-state index contributed by atoms with van der Waals surface area (Å²) < 4.78 is 6.18. The first-order valence-corrected chi connectivity index (χ1v) is 24.2. The molecule has 14 heteroatoms. The van der Waals surface area contributed by atoms with Gasteiger partial charge in [-0.25, -0.2) is 4.79 Å². The number of thiophene rings is 2. The van der Waals surface area contributed by atoms with Crippen LogP contribution in [0.1, 0.15) is 71.0 Å². The van der Waals surface area contributed by atoms with Gasteiger partial charge in [-0.1, -0.05) is 42.0 Å². The van der Waals surface area contributed by atoms with Crippen molar-refractivity contribution >= 4 is 54.2 Å².